The highest BCUT2D eigenvalue weighted by molar-refractivity contribution is 5.60. The highest BCUT2D eigenvalue weighted by Crippen LogP contribution is 2.15. The highest BCUT2D eigenvalue weighted by Gasteiger charge is 2.11. The molecule has 0 N–H and O–H groups in total. The van der Waals surface area contributed by atoms with Crippen molar-refractivity contribution in [3.8, 4) is 24.3 Å². The fraction of sp³-hybridized carbons (Fsp3) is 0. The maximum absolute atomic E-state index is 8.98. The summed E-state index contributed by atoms with van der Waals surface area (Å²) in [4.78, 5) is 0. The summed E-state index contributed by atoms with van der Waals surface area (Å²) < 4.78 is 0. The first-order chi connectivity index (χ1) is 8.76. The molecule has 0 fully saturated rings. The molecule has 18 heavy (non-hydrogen) atoms. The van der Waals surface area contributed by atoms with Gasteiger partial charge in [-0.2, -0.15) is 21.0 Å². The molecule has 0 saturated carbocycles. The maximum atomic E-state index is 8.98. The minimum Gasteiger partial charge on any atom is -0.192 e. The summed E-state index contributed by atoms with van der Waals surface area (Å²) in [6, 6.07) is 15.3. The molecule has 4 heteroatoms. The maximum Gasteiger partial charge on any atom is 0.148 e. The molecule has 1 aromatic rings. The lowest BCUT2D eigenvalue weighted by Gasteiger charge is -1.96. The van der Waals surface area contributed by atoms with E-state index in [1.807, 2.05) is 0 Å². The van der Waals surface area contributed by atoms with E-state index >= 15 is 0 Å². The van der Waals surface area contributed by atoms with Crippen molar-refractivity contribution in [1.82, 2.24) is 0 Å². The SMILES string of the molecule is N#CC(C#N)=C(C#N)/C(=[C]\c1ccccc1)C#N. The van der Waals surface area contributed by atoms with Crippen molar-refractivity contribution in [1.29, 1.82) is 21.0 Å². The van der Waals surface area contributed by atoms with Crippen LogP contribution in [0, 0.1) is 51.4 Å². The van der Waals surface area contributed by atoms with Crippen LogP contribution in [0.25, 0.3) is 0 Å². The van der Waals surface area contributed by atoms with Gasteiger partial charge in [0.25, 0.3) is 0 Å². The molecule has 1 rings (SSSR count). The van der Waals surface area contributed by atoms with Crippen LogP contribution in [0.5, 0.6) is 0 Å². The Balaban J connectivity index is 3.39. The molecule has 0 saturated heterocycles. The van der Waals surface area contributed by atoms with Gasteiger partial charge >= 0.3 is 0 Å². The molecule has 1 radical (unpaired) electrons. The summed E-state index contributed by atoms with van der Waals surface area (Å²) in [6.07, 6.45) is 2.70. The van der Waals surface area contributed by atoms with Crippen molar-refractivity contribution in [2.24, 2.45) is 0 Å². The second kappa shape index (κ2) is 6.29. The van der Waals surface area contributed by atoms with Crippen molar-refractivity contribution in [3.05, 3.63) is 58.7 Å². The summed E-state index contributed by atoms with van der Waals surface area (Å²) in [5, 5.41) is 35.3. The van der Waals surface area contributed by atoms with Gasteiger partial charge in [0.1, 0.15) is 29.8 Å². The van der Waals surface area contributed by atoms with Crippen LogP contribution >= 0.6 is 0 Å². The first kappa shape index (κ1) is 12.7. The molecular formula is C14H5N4. The standard InChI is InChI=1S/C14H5N4/c15-7-12(6-11-4-2-1-3-5-11)14(10-18)13(8-16)9-17/h1-5H. The Morgan fingerprint density at radius 2 is 1.39 bits per heavy atom. The van der Waals surface area contributed by atoms with Crippen LogP contribution in [0.15, 0.2) is 47.1 Å². The van der Waals surface area contributed by atoms with Gasteiger partial charge in [-0.3, -0.25) is 0 Å². The molecule has 4 nitrogen and oxygen atoms in total. The van der Waals surface area contributed by atoms with E-state index in [-0.39, 0.29) is 11.1 Å². The van der Waals surface area contributed by atoms with Gasteiger partial charge in [-0.25, -0.2) is 0 Å². The summed E-state index contributed by atoms with van der Waals surface area (Å²) in [7, 11) is 0. The number of benzene rings is 1. The van der Waals surface area contributed by atoms with E-state index in [9.17, 15) is 0 Å². The fourth-order valence-corrected chi connectivity index (χ4v) is 1.19. The van der Waals surface area contributed by atoms with Gasteiger partial charge in [0.2, 0.25) is 0 Å². The molecule has 0 aliphatic heterocycles. The summed E-state index contributed by atoms with van der Waals surface area (Å²) in [5.41, 5.74) is -0.178. The Labute approximate surface area is 105 Å². The number of nitriles is 4. The zero-order valence-corrected chi connectivity index (χ0v) is 9.18. The van der Waals surface area contributed by atoms with E-state index in [0.717, 1.165) is 0 Å². The Hall–Kier alpha value is -3.34. The Kier molecular flexibility index (Phi) is 4.45. The molecule has 81 valence electrons. The van der Waals surface area contributed by atoms with Crippen molar-refractivity contribution < 1.29 is 0 Å². The quantitative estimate of drug-likeness (QED) is 0.573. The van der Waals surface area contributed by atoms with E-state index in [1.54, 1.807) is 54.6 Å². The summed E-state index contributed by atoms with van der Waals surface area (Å²) >= 11 is 0. The minimum absolute atomic E-state index is 0.123. The van der Waals surface area contributed by atoms with Gasteiger partial charge in [0.05, 0.1) is 11.1 Å². The van der Waals surface area contributed by atoms with Gasteiger partial charge in [-0.15, -0.1) is 0 Å². The van der Waals surface area contributed by atoms with Gasteiger partial charge < -0.3 is 0 Å². The van der Waals surface area contributed by atoms with Crippen LogP contribution < -0.4 is 0 Å². The van der Waals surface area contributed by atoms with Crippen LogP contribution in [0.3, 0.4) is 0 Å². The van der Waals surface area contributed by atoms with E-state index in [0.29, 0.717) is 5.56 Å². The summed E-state index contributed by atoms with van der Waals surface area (Å²) in [5.74, 6) is 0. The molecule has 0 atom stereocenters. The van der Waals surface area contributed by atoms with Crippen LogP contribution in [0.4, 0.5) is 0 Å². The number of nitrogens with zero attached hydrogens (tertiary/aromatic N) is 4. The lowest BCUT2D eigenvalue weighted by Crippen LogP contribution is -1.91. The molecule has 0 aliphatic carbocycles. The third-order valence-corrected chi connectivity index (χ3v) is 1.99. The van der Waals surface area contributed by atoms with Gasteiger partial charge in [-0.1, -0.05) is 30.3 Å². The van der Waals surface area contributed by atoms with Crippen LogP contribution in [0.1, 0.15) is 5.56 Å². The zero-order chi connectivity index (χ0) is 13.4. The lowest BCUT2D eigenvalue weighted by molar-refractivity contribution is 1.37. The molecule has 0 heterocycles. The van der Waals surface area contributed by atoms with Gasteiger partial charge in [0, 0.05) is 6.08 Å². The average molecular weight is 229 g/mol. The van der Waals surface area contributed by atoms with Crippen LogP contribution in [-0.4, -0.2) is 0 Å². The van der Waals surface area contributed by atoms with E-state index in [2.05, 4.69) is 6.08 Å². The molecule has 0 spiro atoms. The largest absolute Gasteiger partial charge is 0.192 e. The predicted octanol–water partition coefficient (Wildman–Crippen LogP) is 2.16. The van der Waals surface area contributed by atoms with Crippen molar-refractivity contribution in [2.75, 3.05) is 0 Å². The average Bonchev–Trinajstić information content (AvgIpc) is 2.43. The first-order valence-corrected chi connectivity index (χ1v) is 4.81. The summed E-state index contributed by atoms with van der Waals surface area (Å²) in [6.45, 7) is 0. The third kappa shape index (κ3) is 2.83. The molecule has 0 aliphatic rings. The van der Waals surface area contributed by atoms with Gasteiger partial charge in [-0.05, 0) is 5.56 Å². The predicted molar refractivity (Wildman–Crippen MR) is 61.8 cm³/mol. The number of hydrogen-bond donors (Lipinski definition) is 0. The smallest absolute Gasteiger partial charge is 0.148 e. The number of rotatable bonds is 2. The van der Waals surface area contributed by atoms with Crippen molar-refractivity contribution in [2.45, 2.75) is 0 Å². The molecule has 0 aromatic heterocycles. The third-order valence-electron chi connectivity index (χ3n) is 1.99. The second-order valence-electron chi connectivity index (χ2n) is 3.06. The Morgan fingerprint density at radius 1 is 0.778 bits per heavy atom. The lowest BCUT2D eigenvalue weighted by atomic mass is 10.0. The molecule has 0 amide bonds. The fourth-order valence-electron chi connectivity index (χ4n) is 1.19. The molecule has 0 bridgehead atoms. The second-order valence-corrected chi connectivity index (χ2v) is 3.06. The van der Waals surface area contributed by atoms with Crippen molar-refractivity contribution >= 4 is 0 Å². The normalized spacial score (nSPS) is 9.22. The van der Waals surface area contributed by atoms with E-state index in [4.69, 9.17) is 21.0 Å². The molecule has 1 aromatic carbocycles. The van der Waals surface area contributed by atoms with Crippen molar-refractivity contribution in [3.63, 3.8) is 0 Å². The first-order valence-electron chi connectivity index (χ1n) is 4.81. The number of allylic oxidation sites excluding steroid dienone is 3. The zero-order valence-electron chi connectivity index (χ0n) is 9.18. The number of hydrogen-bond acceptors (Lipinski definition) is 4. The van der Waals surface area contributed by atoms with E-state index < -0.39 is 5.57 Å². The van der Waals surface area contributed by atoms with E-state index in [1.165, 1.54) is 0 Å². The van der Waals surface area contributed by atoms with Gasteiger partial charge in [0.15, 0.2) is 0 Å². The minimum atomic E-state index is -0.391. The molecule has 0 unspecified atom stereocenters. The molecular weight excluding hydrogens is 224 g/mol. The highest BCUT2D eigenvalue weighted by atomic mass is 14.3. The van der Waals surface area contributed by atoms with Crippen LogP contribution in [-0.2, 0) is 0 Å². The Bertz CT molecular complexity index is 652. The monoisotopic (exact) mass is 229 g/mol. The topological polar surface area (TPSA) is 95.2 Å². The van der Waals surface area contributed by atoms with Crippen LogP contribution in [0.2, 0.25) is 0 Å². The Morgan fingerprint density at radius 3 is 1.83 bits per heavy atom.